The topological polar surface area (TPSA) is 63.5 Å². The molecule has 0 spiro atoms. The fraction of sp³-hybridized carbons (Fsp3) is 0.733. The van der Waals surface area contributed by atoms with Crippen molar-refractivity contribution in [3.05, 3.63) is 18.0 Å². The van der Waals surface area contributed by atoms with Gasteiger partial charge in [-0.25, -0.2) is 0 Å². The molecule has 2 N–H and O–H groups in total. The largest absolute Gasteiger partial charge is 0.380 e. The highest BCUT2D eigenvalue weighted by atomic mass is 127. The van der Waals surface area contributed by atoms with Gasteiger partial charge in [0.15, 0.2) is 5.96 Å². The first kappa shape index (κ1) is 21.2. The molecule has 0 atom stereocenters. The first-order chi connectivity index (χ1) is 10.1. The first-order valence-corrected chi connectivity index (χ1v) is 7.63. The van der Waals surface area contributed by atoms with E-state index in [1.54, 1.807) is 7.05 Å². The molecule has 1 aromatic rings. The zero-order chi connectivity index (χ0) is 15.5. The number of ether oxygens (including phenoxy) is 1. The number of hydrogen-bond donors (Lipinski definition) is 2. The van der Waals surface area contributed by atoms with Crippen LogP contribution in [0.1, 0.15) is 25.8 Å². The van der Waals surface area contributed by atoms with Crippen LogP contribution in [0, 0.1) is 12.8 Å². The summed E-state index contributed by atoms with van der Waals surface area (Å²) in [6.45, 7) is 10.3. The van der Waals surface area contributed by atoms with Crippen LogP contribution in [0.15, 0.2) is 17.4 Å². The summed E-state index contributed by atoms with van der Waals surface area (Å²) in [6, 6.07) is 0. The van der Waals surface area contributed by atoms with Crippen LogP contribution in [0.4, 0.5) is 0 Å². The third kappa shape index (κ3) is 9.99. The van der Waals surface area contributed by atoms with Crippen molar-refractivity contribution in [1.82, 2.24) is 20.4 Å². The predicted octanol–water partition coefficient (Wildman–Crippen LogP) is 2.04. The van der Waals surface area contributed by atoms with Gasteiger partial charge >= 0.3 is 0 Å². The molecule has 6 nitrogen and oxygen atoms in total. The van der Waals surface area contributed by atoms with E-state index in [2.05, 4.69) is 34.6 Å². The lowest BCUT2D eigenvalue weighted by Crippen LogP contribution is -2.40. The molecule has 0 saturated heterocycles. The molecule has 0 bridgehead atoms. The summed E-state index contributed by atoms with van der Waals surface area (Å²) in [5, 5.41) is 10.7. The Labute approximate surface area is 151 Å². The van der Waals surface area contributed by atoms with Crippen molar-refractivity contribution in [2.75, 3.05) is 33.4 Å². The number of guanidine groups is 1. The Balaban J connectivity index is 0.00000441. The van der Waals surface area contributed by atoms with E-state index in [1.165, 1.54) is 5.56 Å². The van der Waals surface area contributed by atoms with E-state index >= 15 is 0 Å². The minimum atomic E-state index is 0. The second kappa shape index (κ2) is 12.7. The van der Waals surface area contributed by atoms with E-state index in [1.807, 2.05) is 24.0 Å². The van der Waals surface area contributed by atoms with Gasteiger partial charge in [-0.2, -0.15) is 5.10 Å². The number of nitrogens with one attached hydrogen (secondary N) is 2. The van der Waals surface area contributed by atoms with Crippen LogP contribution in [-0.2, 0) is 11.3 Å². The Morgan fingerprint density at radius 2 is 2.05 bits per heavy atom. The molecule has 0 radical (unpaired) electrons. The summed E-state index contributed by atoms with van der Waals surface area (Å²) in [6.07, 6.45) is 5.00. The monoisotopic (exact) mass is 423 g/mol. The summed E-state index contributed by atoms with van der Waals surface area (Å²) in [5.41, 5.74) is 1.18. The van der Waals surface area contributed by atoms with Crippen LogP contribution in [-0.4, -0.2) is 49.1 Å². The second-order valence-corrected chi connectivity index (χ2v) is 5.50. The number of aryl methyl sites for hydroxylation is 1. The standard InChI is InChI=1S/C15H29N5O.HI/c1-13(2)5-9-21-10-7-18-15(16-4)17-6-8-20-12-14(3)11-19-20;/h11-13H,5-10H2,1-4H3,(H2,16,17,18);1H. The van der Waals surface area contributed by atoms with Crippen molar-refractivity contribution in [3.8, 4) is 0 Å². The normalized spacial score (nSPS) is 11.4. The Kier molecular flexibility index (Phi) is 12.2. The van der Waals surface area contributed by atoms with Crippen LogP contribution in [0.3, 0.4) is 0 Å². The van der Waals surface area contributed by atoms with E-state index < -0.39 is 0 Å². The average Bonchev–Trinajstić information content (AvgIpc) is 2.86. The van der Waals surface area contributed by atoms with E-state index in [0.717, 1.165) is 38.6 Å². The quantitative estimate of drug-likeness (QED) is 0.276. The molecule has 0 aliphatic carbocycles. The third-order valence-electron chi connectivity index (χ3n) is 3.00. The molecule has 0 saturated carbocycles. The van der Waals surface area contributed by atoms with Gasteiger partial charge in [-0.05, 0) is 24.8 Å². The maximum Gasteiger partial charge on any atom is 0.191 e. The van der Waals surface area contributed by atoms with Gasteiger partial charge in [0.1, 0.15) is 0 Å². The molecule has 1 aromatic heterocycles. The molecule has 0 fully saturated rings. The highest BCUT2D eigenvalue weighted by molar-refractivity contribution is 14.0. The van der Waals surface area contributed by atoms with Crippen molar-refractivity contribution < 1.29 is 4.74 Å². The number of rotatable bonds is 9. The van der Waals surface area contributed by atoms with Gasteiger partial charge in [0.25, 0.3) is 0 Å². The van der Waals surface area contributed by atoms with E-state index in [-0.39, 0.29) is 24.0 Å². The van der Waals surface area contributed by atoms with Crippen molar-refractivity contribution in [1.29, 1.82) is 0 Å². The average molecular weight is 423 g/mol. The lowest BCUT2D eigenvalue weighted by Gasteiger charge is -2.12. The number of aliphatic imine (C=N–C) groups is 1. The van der Waals surface area contributed by atoms with Crippen LogP contribution in [0.5, 0.6) is 0 Å². The van der Waals surface area contributed by atoms with Gasteiger partial charge in [-0.1, -0.05) is 13.8 Å². The van der Waals surface area contributed by atoms with E-state index in [0.29, 0.717) is 12.5 Å². The highest BCUT2D eigenvalue weighted by Gasteiger charge is 1.99. The zero-order valence-corrected chi connectivity index (χ0v) is 16.5. The molecule has 0 aromatic carbocycles. The number of aromatic nitrogens is 2. The fourth-order valence-corrected chi connectivity index (χ4v) is 1.76. The van der Waals surface area contributed by atoms with E-state index in [4.69, 9.17) is 4.74 Å². The molecule has 1 heterocycles. The molecule has 7 heteroatoms. The van der Waals surface area contributed by atoms with Gasteiger partial charge in [0, 0.05) is 32.9 Å². The van der Waals surface area contributed by atoms with Crippen LogP contribution < -0.4 is 10.6 Å². The molecule has 0 unspecified atom stereocenters. The predicted molar refractivity (Wildman–Crippen MR) is 102 cm³/mol. The molecule has 0 aliphatic heterocycles. The van der Waals surface area contributed by atoms with Gasteiger partial charge < -0.3 is 15.4 Å². The zero-order valence-electron chi connectivity index (χ0n) is 14.1. The van der Waals surface area contributed by atoms with Crippen LogP contribution in [0.25, 0.3) is 0 Å². The Morgan fingerprint density at radius 3 is 2.64 bits per heavy atom. The molecule has 0 aliphatic rings. The van der Waals surface area contributed by atoms with Crippen LogP contribution >= 0.6 is 24.0 Å². The van der Waals surface area contributed by atoms with Crippen molar-refractivity contribution in [2.45, 2.75) is 33.7 Å². The molecule has 128 valence electrons. The van der Waals surface area contributed by atoms with Crippen molar-refractivity contribution >= 4 is 29.9 Å². The fourth-order valence-electron chi connectivity index (χ4n) is 1.76. The summed E-state index contributed by atoms with van der Waals surface area (Å²) < 4.78 is 7.48. The summed E-state index contributed by atoms with van der Waals surface area (Å²) in [7, 11) is 1.77. The van der Waals surface area contributed by atoms with Gasteiger partial charge in [0.05, 0.1) is 19.3 Å². The SMILES string of the molecule is CN=C(NCCOCCC(C)C)NCCn1cc(C)cn1.I. The van der Waals surface area contributed by atoms with E-state index in [9.17, 15) is 0 Å². The lowest BCUT2D eigenvalue weighted by atomic mass is 10.1. The van der Waals surface area contributed by atoms with Crippen LogP contribution in [0.2, 0.25) is 0 Å². The highest BCUT2D eigenvalue weighted by Crippen LogP contribution is 1.98. The van der Waals surface area contributed by atoms with Crippen molar-refractivity contribution in [3.63, 3.8) is 0 Å². The molecule has 1 rings (SSSR count). The summed E-state index contributed by atoms with van der Waals surface area (Å²) in [5.74, 6) is 1.49. The Morgan fingerprint density at radius 1 is 1.32 bits per heavy atom. The minimum Gasteiger partial charge on any atom is -0.380 e. The summed E-state index contributed by atoms with van der Waals surface area (Å²) in [4.78, 5) is 4.18. The molecule has 0 amide bonds. The maximum absolute atomic E-state index is 5.56. The van der Waals surface area contributed by atoms with Gasteiger partial charge in [-0.15, -0.1) is 24.0 Å². The Hall–Kier alpha value is -0.830. The third-order valence-corrected chi connectivity index (χ3v) is 3.00. The number of nitrogens with zero attached hydrogens (tertiary/aromatic N) is 3. The second-order valence-electron chi connectivity index (χ2n) is 5.50. The molecular formula is C15H30IN5O. The maximum atomic E-state index is 5.56. The van der Waals surface area contributed by atoms with Gasteiger partial charge in [-0.3, -0.25) is 9.67 Å². The number of hydrogen-bond acceptors (Lipinski definition) is 3. The van der Waals surface area contributed by atoms with Gasteiger partial charge in [0.2, 0.25) is 0 Å². The van der Waals surface area contributed by atoms with Crippen molar-refractivity contribution in [2.24, 2.45) is 10.9 Å². The lowest BCUT2D eigenvalue weighted by molar-refractivity contribution is 0.128. The Bertz CT molecular complexity index is 420. The minimum absolute atomic E-state index is 0. The molecular weight excluding hydrogens is 393 g/mol. The first-order valence-electron chi connectivity index (χ1n) is 7.63. The number of halogens is 1. The smallest absolute Gasteiger partial charge is 0.191 e. The summed E-state index contributed by atoms with van der Waals surface area (Å²) >= 11 is 0. The molecule has 22 heavy (non-hydrogen) atoms.